The van der Waals surface area contributed by atoms with Gasteiger partial charge in [0.25, 0.3) is 5.69 Å². The molecule has 2 aromatic rings. The number of benzene rings is 2. The van der Waals surface area contributed by atoms with E-state index in [-0.39, 0.29) is 40.6 Å². The average molecular weight is 553 g/mol. The van der Waals surface area contributed by atoms with Crippen molar-refractivity contribution in [2.75, 3.05) is 33.3 Å². The summed E-state index contributed by atoms with van der Waals surface area (Å²) >= 11 is 0. The summed E-state index contributed by atoms with van der Waals surface area (Å²) in [6, 6.07) is 14.9. The van der Waals surface area contributed by atoms with Crippen LogP contribution in [0.25, 0.3) is 0 Å². The van der Waals surface area contributed by atoms with Gasteiger partial charge in [0.2, 0.25) is 0 Å². The Morgan fingerprint density at radius 2 is 1.94 bits per heavy atom. The largest absolute Gasteiger partial charge is 0.496 e. The van der Waals surface area contributed by atoms with Gasteiger partial charge in [-0.15, -0.1) is 24.0 Å². The highest BCUT2D eigenvalue weighted by Crippen LogP contribution is 2.31. The SMILES string of the molecule is CCNC(=NCc1cccc([N+](=O)[O-])c1)NCC(c1ccccc1OC)N1CCCC1.I. The third kappa shape index (κ3) is 7.06. The van der Waals surface area contributed by atoms with Gasteiger partial charge in [-0.1, -0.05) is 30.3 Å². The van der Waals surface area contributed by atoms with Crippen molar-refractivity contribution in [3.63, 3.8) is 0 Å². The zero-order chi connectivity index (χ0) is 22.1. The first-order valence-corrected chi connectivity index (χ1v) is 10.7. The standard InChI is InChI=1S/C23H31N5O3.HI/c1-3-24-23(25-16-18-9-8-10-19(15-18)28(29)30)26-17-21(27-13-6-7-14-27)20-11-4-5-12-22(20)31-2;/h4-5,8-12,15,21H,3,6-7,13-14,16-17H2,1-2H3,(H2,24,25,26);1H. The summed E-state index contributed by atoms with van der Waals surface area (Å²) in [6.45, 7) is 5.91. The first-order chi connectivity index (χ1) is 15.1. The van der Waals surface area contributed by atoms with Gasteiger partial charge in [0.05, 0.1) is 24.6 Å². The Kier molecular flexibility index (Phi) is 10.7. The molecule has 0 aromatic heterocycles. The van der Waals surface area contributed by atoms with Crippen molar-refractivity contribution in [2.45, 2.75) is 32.4 Å². The molecule has 0 radical (unpaired) electrons. The third-order valence-electron chi connectivity index (χ3n) is 5.43. The number of nitrogens with one attached hydrogen (secondary N) is 2. The molecule has 8 nitrogen and oxygen atoms in total. The number of halogens is 1. The predicted molar refractivity (Wildman–Crippen MR) is 138 cm³/mol. The van der Waals surface area contributed by atoms with E-state index >= 15 is 0 Å². The molecule has 174 valence electrons. The van der Waals surface area contributed by atoms with Crippen LogP contribution in [0.1, 0.15) is 36.9 Å². The zero-order valence-corrected chi connectivity index (χ0v) is 21.0. The van der Waals surface area contributed by atoms with Crippen LogP contribution in [0.5, 0.6) is 5.75 Å². The fourth-order valence-corrected chi connectivity index (χ4v) is 3.90. The van der Waals surface area contributed by atoms with Crippen molar-refractivity contribution in [2.24, 2.45) is 4.99 Å². The number of nitrogens with zero attached hydrogens (tertiary/aromatic N) is 3. The Hall–Kier alpha value is -2.40. The van der Waals surface area contributed by atoms with Crippen LogP contribution in [0.4, 0.5) is 5.69 Å². The van der Waals surface area contributed by atoms with Crippen LogP contribution in [-0.2, 0) is 6.54 Å². The van der Waals surface area contributed by atoms with E-state index in [4.69, 9.17) is 4.74 Å². The number of hydrogen-bond acceptors (Lipinski definition) is 5. The van der Waals surface area contributed by atoms with Crippen molar-refractivity contribution in [1.82, 2.24) is 15.5 Å². The molecule has 0 saturated carbocycles. The van der Waals surface area contributed by atoms with Crippen molar-refractivity contribution in [3.8, 4) is 5.75 Å². The molecular weight excluding hydrogens is 521 g/mol. The Labute approximate surface area is 206 Å². The zero-order valence-electron chi connectivity index (χ0n) is 18.6. The molecule has 9 heteroatoms. The normalized spacial score (nSPS) is 15.0. The van der Waals surface area contributed by atoms with E-state index in [2.05, 4.69) is 26.6 Å². The maximum Gasteiger partial charge on any atom is 0.269 e. The first kappa shape index (κ1) is 25.9. The van der Waals surface area contributed by atoms with Crippen LogP contribution in [0.2, 0.25) is 0 Å². The number of ether oxygens (including phenoxy) is 1. The second-order valence-electron chi connectivity index (χ2n) is 7.50. The molecule has 3 rings (SSSR count). The van der Waals surface area contributed by atoms with E-state index in [1.165, 1.54) is 18.9 Å². The lowest BCUT2D eigenvalue weighted by Gasteiger charge is -2.30. The molecule has 1 aliphatic heterocycles. The summed E-state index contributed by atoms with van der Waals surface area (Å²) in [4.78, 5) is 17.8. The maximum absolute atomic E-state index is 11.0. The first-order valence-electron chi connectivity index (χ1n) is 10.7. The second-order valence-corrected chi connectivity index (χ2v) is 7.50. The fraction of sp³-hybridized carbons (Fsp3) is 0.435. The van der Waals surface area contributed by atoms with Crippen molar-refractivity contribution < 1.29 is 9.66 Å². The molecule has 2 aromatic carbocycles. The molecule has 1 atom stereocenters. The molecule has 0 bridgehead atoms. The van der Waals surface area contributed by atoms with Gasteiger partial charge in [-0.05, 0) is 44.5 Å². The quantitative estimate of drug-likeness (QED) is 0.160. The van der Waals surface area contributed by atoms with Crippen molar-refractivity contribution >= 4 is 35.6 Å². The fourth-order valence-electron chi connectivity index (χ4n) is 3.90. The van der Waals surface area contributed by atoms with Gasteiger partial charge in [0.15, 0.2) is 5.96 Å². The van der Waals surface area contributed by atoms with Crippen molar-refractivity contribution in [3.05, 3.63) is 69.8 Å². The smallest absolute Gasteiger partial charge is 0.269 e. The molecule has 1 heterocycles. The topological polar surface area (TPSA) is 92.0 Å². The number of likely N-dealkylation sites (tertiary alicyclic amines) is 1. The second kappa shape index (κ2) is 13.2. The number of hydrogen-bond donors (Lipinski definition) is 2. The minimum absolute atomic E-state index is 0. The number of nitro groups is 1. The van der Waals surface area contributed by atoms with Gasteiger partial charge in [0, 0.05) is 30.8 Å². The highest BCUT2D eigenvalue weighted by Gasteiger charge is 2.26. The number of guanidine groups is 1. The monoisotopic (exact) mass is 553 g/mol. The minimum atomic E-state index is -0.384. The highest BCUT2D eigenvalue weighted by atomic mass is 127. The van der Waals surface area contributed by atoms with Crippen LogP contribution in [0.15, 0.2) is 53.5 Å². The number of nitro benzene ring substituents is 1. The number of rotatable bonds is 9. The van der Waals surface area contributed by atoms with E-state index in [0.29, 0.717) is 19.0 Å². The Morgan fingerprint density at radius 1 is 1.19 bits per heavy atom. The summed E-state index contributed by atoms with van der Waals surface area (Å²) < 4.78 is 5.62. The van der Waals surface area contributed by atoms with E-state index in [9.17, 15) is 10.1 Å². The van der Waals surface area contributed by atoms with Gasteiger partial charge in [0.1, 0.15) is 5.75 Å². The number of aliphatic imine (C=N–C) groups is 1. The number of methoxy groups -OCH3 is 1. The average Bonchev–Trinajstić information content (AvgIpc) is 3.32. The van der Waals surface area contributed by atoms with Gasteiger partial charge in [-0.25, -0.2) is 4.99 Å². The highest BCUT2D eigenvalue weighted by molar-refractivity contribution is 14.0. The van der Waals surface area contributed by atoms with Gasteiger partial charge in [-0.3, -0.25) is 15.0 Å². The van der Waals surface area contributed by atoms with E-state index in [1.54, 1.807) is 19.2 Å². The summed E-state index contributed by atoms with van der Waals surface area (Å²) in [5.74, 6) is 1.58. The molecule has 1 saturated heterocycles. The Balaban J connectivity index is 0.00000363. The van der Waals surface area contributed by atoms with Crippen LogP contribution in [-0.4, -0.2) is 49.1 Å². The predicted octanol–water partition coefficient (Wildman–Crippen LogP) is 4.11. The molecule has 1 aliphatic rings. The third-order valence-corrected chi connectivity index (χ3v) is 5.43. The Bertz CT molecular complexity index is 903. The molecule has 0 aliphatic carbocycles. The number of para-hydroxylation sites is 1. The summed E-state index contributed by atoms with van der Waals surface area (Å²) in [5, 5.41) is 17.7. The molecule has 32 heavy (non-hydrogen) atoms. The lowest BCUT2D eigenvalue weighted by atomic mass is 10.0. The minimum Gasteiger partial charge on any atom is -0.496 e. The summed E-state index contributed by atoms with van der Waals surface area (Å²) in [5.41, 5.74) is 2.04. The van der Waals surface area contributed by atoms with Crippen LogP contribution in [0.3, 0.4) is 0 Å². The van der Waals surface area contributed by atoms with Crippen LogP contribution in [0, 0.1) is 10.1 Å². The van der Waals surface area contributed by atoms with Gasteiger partial charge >= 0.3 is 0 Å². The molecule has 1 unspecified atom stereocenters. The van der Waals surface area contributed by atoms with Crippen LogP contribution >= 0.6 is 24.0 Å². The lowest BCUT2D eigenvalue weighted by Crippen LogP contribution is -2.42. The molecule has 0 spiro atoms. The van der Waals surface area contributed by atoms with Gasteiger partial charge < -0.3 is 15.4 Å². The Morgan fingerprint density at radius 3 is 2.62 bits per heavy atom. The maximum atomic E-state index is 11.0. The van der Waals surface area contributed by atoms with Crippen molar-refractivity contribution in [1.29, 1.82) is 0 Å². The summed E-state index contributed by atoms with van der Waals surface area (Å²) in [7, 11) is 1.71. The molecule has 0 amide bonds. The summed E-state index contributed by atoms with van der Waals surface area (Å²) in [6.07, 6.45) is 2.40. The lowest BCUT2D eigenvalue weighted by molar-refractivity contribution is -0.384. The number of non-ortho nitro benzene ring substituents is 1. The molecule has 1 fully saturated rings. The van der Waals surface area contributed by atoms with E-state index in [1.807, 2.05) is 31.2 Å². The molecule has 2 N–H and O–H groups in total. The van der Waals surface area contributed by atoms with E-state index < -0.39 is 0 Å². The van der Waals surface area contributed by atoms with Gasteiger partial charge in [-0.2, -0.15) is 0 Å². The van der Waals surface area contributed by atoms with Crippen LogP contribution < -0.4 is 15.4 Å². The van der Waals surface area contributed by atoms with E-state index in [0.717, 1.165) is 36.5 Å². The molecular formula is C23H32IN5O3.